The highest BCUT2D eigenvalue weighted by Gasteiger charge is 2.24. The number of piperidine rings is 1. The summed E-state index contributed by atoms with van der Waals surface area (Å²) in [6.45, 7) is 2.61. The Hall–Kier alpha value is -1.66. The van der Waals surface area contributed by atoms with Gasteiger partial charge in [0.2, 0.25) is 11.7 Å². The first-order valence-electron chi connectivity index (χ1n) is 8.34. The zero-order valence-electron chi connectivity index (χ0n) is 15.5. The quantitative estimate of drug-likeness (QED) is 0.794. The van der Waals surface area contributed by atoms with Crippen molar-refractivity contribution in [1.29, 1.82) is 0 Å². The monoisotopic (exact) mass is 372 g/mol. The van der Waals surface area contributed by atoms with E-state index in [-0.39, 0.29) is 18.3 Å². The Bertz CT molecular complexity index is 541. The van der Waals surface area contributed by atoms with Crippen molar-refractivity contribution in [1.82, 2.24) is 10.2 Å². The van der Waals surface area contributed by atoms with Gasteiger partial charge >= 0.3 is 0 Å². The van der Waals surface area contributed by atoms with E-state index in [0.29, 0.717) is 29.6 Å². The number of likely N-dealkylation sites (tertiary alicyclic amines) is 1. The fraction of sp³-hybridized carbons (Fsp3) is 0.611. The standard InChI is InChI=1S/C18H28N2O4.ClH/c1-19-11-13-6-5-7-20(12-13)17(21)10-14-8-15(22-2)18(24-4)16(9-14)23-3;/h8-9,13,19H,5-7,10-12H2,1-4H3;1H. The Morgan fingerprint density at radius 2 is 1.84 bits per heavy atom. The number of ether oxygens (including phenoxy) is 3. The van der Waals surface area contributed by atoms with E-state index in [9.17, 15) is 4.79 Å². The Labute approximate surface area is 156 Å². The van der Waals surface area contributed by atoms with Crippen LogP contribution >= 0.6 is 12.4 Å². The number of methoxy groups -OCH3 is 3. The summed E-state index contributed by atoms with van der Waals surface area (Å²) < 4.78 is 16.0. The molecule has 1 N–H and O–H groups in total. The molecule has 1 aromatic rings. The van der Waals surface area contributed by atoms with Crippen LogP contribution in [0.3, 0.4) is 0 Å². The number of hydrogen-bond donors (Lipinski definition) is 1. The predicted molar refractivity (Wildman–Crippen MR) is 100 cm³/mol. The molecule has 1 fully saturated rings. The van der Waals surface area contributed by atoms with Crippen molar-refractivity contribution in [3.8, 4) is 17.2 Å². The fourth-order valence-electron chi connectivity index (χ4n) is 3.27. The Morgan fingerprint density at radius 3 is 2.36 bits per heavy atom. The second-order valence-corrected chi connectivity index (χ2v) is 6.12. The summed E-state index contributed by atoms with van der Waals surface area (Å²) in [6.07, 6.45) is 2.57. The van der Waals surface area contributed by atoms with Crippen molar-refractivity contribution in [3.05, 3.63) is 17.7 Å². The van der Waals surface area contributed by atoms with Gasteiger partial charge in [-0.3, -0.25) is 4.79 Å². The molecule has 7 heteroatoms. The number of nitrogens with one attached hydrogen (secondary N) is 1. The van der Waals surface area contributed by atoms with Crippen LogP contribution < -0.4 is 19.5 Å². The molecule has 1 heterocycles. The molecule has 0 bridgehead atoms. The van der Waals surface area contributed by atoms with E-state index in [1.54, 1.807) is 21.3 Å². The molecular formula is C18H29ClN2O4. The molecule has 1 atom stereocenters. The van der Waals surface area contributed by atoms with E-state index in [0.717, 1.165) is 31.6 Å². The minimum Gasteiger partial charge on any atom is -0.493 e. The first-order chi connectivity index (χ1) is 11.6. The SMILES string of the molecule is CNCC1CCCN(C(=O)Cc2cc(OC)c(OC)c(OC)c2)C1.Cl. The number of carbonyl (C=O) groups excluding carboxylic acids is 1. The van der Waals surface area contributed by atoms with Crippen molar-refractivity contribution in [2.75, 3.05) is 48.0 Å². The molecule has 2 rings (SSSR count). The van der Waals surface area contributed by atoms with Gasteiger partial charge in [-0.15, -0.1) is 12.4 Å². The molecule has 1 aliphatic heterocycles. The van der Waals surface area contributed by atoms with Gasteiger partial charge in [0.1, 0.15) is 0 Å². The molecule has 25 heavy (non-hydrogen) atoms. The molecule has 0 saturated carbocycles. The number of benzene rings is 1. The highest BCUT2D eigenvalue weighted by Crippen LogP contribution is 2.38. The lowest BCUT2D eigenvalue weighted by atomic mass is 9.97. The van der Waals surface area contributed by atoms with Crippen LogP contribution in [0.15, 0.2) is 12.1 Å². The maximum absolute atomic E-state index is 12.7. The average molecular weight is 373 g/mol. The normalized spacial score (nSPS) is 16.8. The lowest BCUT2D eigenvalue weighted by Gasteiger charge is -2.33. The van der Waals surface area contributed by atoms with Crippen molar-refractivity contribution in [3.63, 3.8) is 0 Å². The van der Waals surface area contributed by atoms with Gasteiger partial charge in [-0.2, -0.15) is 0 Å². The highest BCUT2D eigenvalue weighted by molar-refractivity contribution is 5.85. The molecule has 1 aromatic carbocycles. The predicted octanol–water partition coefficient (Wildman–Crippen LogP) is 2.13. The Balaban J connectivity index is 0.00000312. The highest BCUT2D eigenvalue weighted by atomic mass is 35.5. The summed E-state index contributed by atoms with van der Waals surface area (Å²) in [5.74, 6) is 2.37. The van der Waals surface area contributed by atoms with Crippen LogP contribution in [0.1, 0.15) is 18.4 Å². The summed E-state index contributed by atoms with van der Waals surface area (Å²) in [6, 6.07) is 3.68. The van der Waals surface area contributed by atoms with Crippen LogP contribution in [-0.2, 0) is 11.2 Å². The molecule has 6 nitrogen and oxygen atoms in total. The number of carbonyl (C=O) groups is 1. The third-order valence-electron chi connectivity index (χ3n) is 4.44. The number of amides is 1. The van der Waals surface area contributed by atoms with E-state index < -0.39 is 0 Å². The van der Waals surface area contributed by atoms with E-state index in [1.807, 2.05) is 24.1 Å². The van der Waals surface area contributed by atoms with Crippen LogP contribution in [0.25, 0.3) is 0 Å². The van der Waals surface area contributed by atoms with Gasteiger partial charge in [0.15, 0.2) is 11.5 Å². The third-order valence-corrected chi connectivity index (χ3v) is 4.44. The van der Waals surface area contributed by atoms with Gasteiger partial charge in [0.25, 0.3) is 0 Å². The van der Waals surface area contributed by atoms with Gasteiger partial charge in [-0.05, 0) is 50.0 Å². The zero-order valence-corrected chi connectivity index (χ0v) is 16.3. The fourth-order valence-corrected chi connectivity index (χ4v) is 3.27. The van der Waals surface area contributed by atoms with Gasteiger partial charge in [0, 0.05) is 13.1 Å². The number of halogens is 1. The van der Waals surface area contributed by atoms with Crippen LogP contribution in [0.4, 0.5) is 0 Å². The third kappa shape index (κ3) is 5.41. The van der Waals surface area contributed by atoms with Crippen molar-refractivity contribution in [2.45, 2.75) is 19.3 Å². The van der Waals surface area contributed by atoms with Gasteiger partial charge in [-0.1, -0.05) is 0 Å². The second kappa shape index (κ2) is 10.4. The number of nitrogens with zero attached hydrogens (tertiary/aromatic N) is 1. The smallest absolute Gasteiger partial charge is 0.227 e. The van der Waals surface area contributed by atoms with Crippen LogP contribution in [0.5, 0.6) is 17.2 Å². The minimum absolute atomic E-state index is 0. The molecular weight excluding hydrogens is 344 g/mol. The molecule has 0 aromatic heterocycles. The largest absolute Gasteiger partial charge is 0.493 e. The summed E-state index contributed by atoms with van der Waals surface area (Å²) in [5.41, 5.74) is 0.866. The van der Waals surface area contributed by atoms with Gasteiger partial charge in [-0.25, -0.2) is 0 Å². The molecule has 1 aliphatic rings. The van der Waals surface area contributed by atoms with Crippen molar-refractivity contribution < 1.29 is 19.0 Å². The summed E-state index contributed by atoms with van der Waals surface area (Å²) in [5, 5.41) is 3.20. The first-order valence-corrected chi connectivity index (χ1v) is 8.34. The van der Waals surface area contributed by atoms with E-state index in [2.05, 4.69) is 5.32 Å². The molecule has 0 aliphatic carbocycles. The number of hydrogen-bond acceptors (Lipinski definition) is 5. The van der Waals surface area contributed by atoms with Gasteiger partial charge < -0.3 is 24.4 Å². The maximum Gasteiger partial charge on any atom is 0.227 e. The maximum atomic E-state index is 12.7. The van der Waals surface area contributed by atoms with E-state index in [4.69, 9.17) is 14.2 Å². The van der Waals surface area contributed by atoms with Gasteiger partial charge in [0.05, 0.1) is 27.8 Å². The lowest BCUT2D eigenvalue weighted by Crippen LogP contribution is -2.43. The summed E-state index contributed by atoms with van der Waals surface area (Å²) in [7, 11) is 6.68. The second-order valence-electron chi connectivity index (χ2n) is 6.12. The van der Waals surface area contributed by atoms with Crippen LogP contribution in [-0.4, -0.2) is 58.8 Å². The Kier molecular flexibility index (Phi) is 8.86. The van der Waals surface area contributed by atoms with E-state index in [1.165, 1.54) is 6.42 Å². The lowest BCUT2D eigenvalue weighted by molar-refractivity contribution is -0.132. The first kappa shape index (κ1) is 21.4. The van der Waals surface area contributed by atoms with E-state index >= 15 is 0 Å². The topological polar surface area (TPSA) is 60.0 Å². The molecule has 0 spiro atoms. The summed E-state index contributed by atoms with van der Waals surface area (Å²) >= 11 is 0. The molecule has 1 unspecified atom stereocenters. The Morgan fingerprint density at radius 1 is 1.20 bits per heavy atom. The van der Waals surface area contributed by atoms with Crippen LogP contribution in [0.2, 0.25) is 0 Å². The molecule has 1 amide bonds. The van der Waals surface area contributed by atoms with Crippen molar-refractivity contribution in [2.24, 2.45) is 5.92 Å². The van der Waals surface area contributed by atoms with Crippen molar-refractivity contribution >= 4 is 18.3 Å². The van der Waals surface area contributed by atoms with Crippen LogP contribution in [0, 0.1) is 5.92 Å². The molecule has 142 valence electrons. The zero-order chi connectivity index (χ0) is 17.5. The molecule has 0 radical (unpaired) electrons. The minimum atomic E-state index is 0. The molecule has 1 saturated heterocycles. The average Bonchev–Trinajstić information content (AvgIpc) is 2.61. The summed E-state index contributed by atoms with van der Waals surface area (Å²) in [4.78, 5) is 14.6. The number of rotatable bonds is 7.